The van der Waals surface area contributed by atoms with Gasteiger partial charge in [-0.05, 0) is 43.0 Å². The number of hydrogen-bond acceptors (Lipinski definition) is 4. The van der Waals surface area contributed by atoms with Gasteiger partial charge in [0.2, 0.25) is 5.95 Å². The van der Waals surface area contributed by atoms with Crippen LogP contribution >= 0.6 is 0 Å². The zero-order valence-electron chi connectivity index (χ0n) is 14.5. The van der Waals surface area contributed by atoms with E-state index in [0.717, 1.165) is 11.3 Å². The van der Waals surface area contributed by atoms with Crippen molar-refractivity contribution >= 4 is 16.9 Å². The number of nitrogens with one attached hydrogen (secondary N) is 2. The standard InChI is InChI=1S/C20H24N4O/c1-25-15-8-9-18-16(12-15)17(13-23-18)19(14-6-3-2-4-7-14)24-20-21-10-5-11-22-20/h5,8-14,19,23H,2-4,6-7H2,1H3,(H,21,22,24). The number of hydrogen-bond donors (Lipinski definition) is 2. The smallest absolute Gasteiger partial charge is 0.223 e. The molecule has 2 heterocycles. The maximum absolute atomic E-state index is 5.43. The molecule has 1 aliphatic rings. The number of nitrogens with zero attached hydrogens (tertiary/aromatic N) is 2. The summed E-state index contributed by atoms with van der Waals surface area (Å²) < 4.78 is 5.43. The summed E-state index contributed by atoms with van der Waals surface area (Å²) >= 11 is 0. The highest BCUT2D eigenvalue weighted by molar-refractivity contribution is 5.85. The summed E-state index contributed by atoms with van der Waals surface area (Å²) in [6.07, 6.45) is 12.1. The summed E-state index contributed by atoms with van der Waals surface area (Å²) in [4.78, 5) is 12.2. The number of aromatic nitrogens is 3. The van der Waals surface area contributed by atoms with Crippen LogP contribution in [0.15, 0.2) is 42.9 Å². The molecule has 2 N–H and O–H groups in total. The zero-order chi connectivity index (χ0) is 17.1. The van der Waals surface area contributed by atoms with E-state index in [0.29, 0.717) is 11.9 Å². The Kier molecular flexibility index (Phi) is 4.55. The molecule has 0 aliphatic heterocycles. The lowest BCUT2D eigenvalue weighted by atomic mass is 9.81. The third-order valence-corrected chi connectivity index (χ3v) is 5.23. The SMILES string of the molecule is COc1ccc2[nH]cc(C(Nc3ncccn3)C3CCCCC3)c2c1. The van der Waals surface area contributed by atoms with Crippen LogP contribution in [0.4, 0.5) is 5.95 Å². The number of aromatic amines is 1. The third kappa shape index (κ3) is 3.31. The molecule has 0 spiro atoms. The second-order valence-corrected chi connectivity index (χ2v) is 6.75. The maximum Gasteiger partial charge on any atom is 0.223 e. The van der Waals surface area contributed by atoms with E-state index < -0.39 is 0 Å². The first-order valence-electron chi connectivity index (χ1n) is 9.04. The van der Waals surface area contributed by atoms with Crippen molar-refractivity contribution < 1.29 is 4.74 Å². The van der Waals surface area contributed by atoms with Crippen LogP contribution in [0.1, 0.15) is 43.7 Å². The summed E-state index contributed by atoms with van der Waals surface area (Å²) in [5.74, 6) is 2.16. The minimum absolute atomic E-state index is 0.198. The summed E-state index contributed by atoms with van der Waals surface area (Å²) in [5.41, 5.74) is 2.40. The highest BCUT2D eigenvalue weighted by Gasteiger charge is 2.27. The van der Waals surface area contributed by atoms with E-state index in [-0.39, 0.29) is 6.04 Å². The van der Waals surface area contributed by atoms with E-state index in [1.807, 2.05) is 12.1 Å². The first-order valence-corrected chi connectivity index (χ1v) is 9.04. The zero-order valence-corrected chi connectivity index (χ0v) is 14.5. The van der Waals surface area contributed by atoms with Crippen molar-refractivity contribution in [2.75, 3.05) is 12.4 Å². The van der Waals surface area contributed by atoms with E-state index in [1.54, 1.807) is 19.5 Å². The monoisotopic (exact) mass is 336 g/mol. The van der Waals surface area contributed by atoms with Crippen molar-refractivity contribution in [1.82, 2.24) is 15.0 Å². The highest BCUT2D eigenvalue weighted by atomic mass is 16.5. The summed E-state index contributed by atoms with van der Waals surface area (Å²) in [7, 11) is 1.71. The van der Waals surface area contributed by atoms with Gasteiger partial charge in [-0.2, -0.15) is 0 Å². The molecular formula is C20H24N4O. The molecule has 130 valence electrons. The predicted molar refractivity (Wildman–Crippen MR) is 99.8 cm³/mol. The molecule has 5 heteroatoms. The molecule has 5 nitrogen and oxygen atoms in total. The van der Waals surface area contributed by atoms with Gasteiger partial charge in [-0.25, -0.2) is 9.97 Å². The minimum Gasteiger partial charge on any atom is -0.497 e. The number of methoxy groups -OCH3 is 1. The van der Waals surface area contributed by atoms with Gasteiger partial charge < -0.3 is 15.0 Å². The molecule has 0 saturated heterocycles. The van der Waals surface area contributed by atoms with Crippen molar-refractivity contribution in [2.24, 2.45) is 5.92 Å². The van der Waals surface area contributed by atoms with Crippen molar-refractivity contribution in [2.45, 2.75) is 38.1 Å². The Morgan fingerprint density at radius 3 is 2.72 bits per heavy atom. The number of ether oxygens (including phenoxy) is 1. The van der Waals surface area contributed by atoms with Crippen LogP contribution in [0.2, 0.25) is 0 Å². The fourth-order valence-corrected chi connectivity index (χ4v) is 3.94. The van der Waals surface area contributed by atoms with Crippen LogP contribution in [-0.2, 0) is 0 Å². The fraction of sp³-hybridized carbons (Fsp3) is 0.400. The highest BCUT2D eigenvalue weighted by Crippen LogP contribution is 2.39. The molecule has 1 fully saturated rings. The number of rotatable bonds is 5. The molecule has 1 aliphatic carbocycles. The molecule has 2 aromatic heterocycles. The van der Waals surface area contributed by atoms with Crippen LogP contribution in [0.25, 0.3) is 10.9 Å². The lowest BCUT2D eigenvalue weighted by molar-refractivity contribution is 0.321. The molecule has 1 aromatic carbocycles. The third-order valence-electron chi connectivity index (χ3n) is 5.23. The Morgan fingerprint density at radius 1 is 1.16 bits per heavy atom. The second-order valence-electron chi connectivity index (χ2n) is 6.75. The van der Waals surface area contributed by atoms with E-state index >= 15 is 0 Å². The van der Waals surface area contributed by atoms with E-state index in [9.17, 15) is 0 Å². The molecule has 25 heavy (non-hydrogen) atoms. The first kappa shape index (κ1) is 15.9. The number of fused-ring (bicyclic) bond motifs is 1. The van der Waals surface area contributed by atoms with Crippen LogP contribution in [0.3, 0.4) is 0 Å². The molecule has 1 saturated carbocycles. The molecule has 4 rings (SSSR count). The second kappa shape index (κ2) is 7.13. The largest absolute Gasteiger partial charge is 0.497 e. The lowest BCUT2D eigenvalue weighted by Gasteiger charge is -2.31. The molecule has 0 bridgehead atoms. The maximum atomic E-state index is 5.43. The Morgan fingerprint density at radius 2 is 1.96 bits per heavy atom. The van der Waals surface area contributed by atoms with Gasteiger partial charge in [0.15, 0.2) is 0 Å². The fourth-order valence-electron chi connectivity index (χ4n) is 3.94. The number of H-pyrrole nitrogens is 1. The van der Waals surface area contributed by atoms with Crippen molar-refractivity contribution in [1.29, 1.82) is 0 Å². The Bertz CT molecular complexity index is 824. The van der Waals surface area contributed by atoms with Gasteiger partial charge in [-0.3, -0.25) is 0 Å². The molecule has 0 amide bonds. The first-order chi connectivity index (χ1) is 12.3. The molecule has 1 atom stereocenters. The Labute approximate surface area is 147 Å². The van der Waals surface area contributed by atoms with E-state index in [4.69, 9.17) is 4.74 Å². The van der Waals surface area contributed by atoms with Crippen LogP contribution < -0.4 is 10.1 Å². The van der Waals surface area contributed by atoms with Crippen LogP contribution in [-0.4, -0.2) is 22.1 Å². The Balaban J connectivity index is 1.74. The van der Waals surface area contributed by atoms with Crippen molar-refractivity contribution in [3.8, 4) is 5.75 Å². The molecule has 0 radical (unpaired) electrons. The van der Waals surface area contributed by atoms with Crippen LogP contribution in [0, 0.1) is 5.92 Å². The van der Waals surface area contributed by atoms with E-state index in [2.05, 4.69) is 38.6 Å². The Hall–Kier alpha value is -2.56. The number of benzene rings is 1. The average Bonchev–Trinajstić information content (AvgIpc) is 3.10. The quantitative estimate of drug-likeness (QED) is 0.709. The molecule has 3 aromatic rings. The van der Waals surface area contributed by atoms with Crippen molar-refractivity contribution in [3.63, 3.8) is 0 Å². The van der Waals surface area contributed by atoms with Crippen molar-refractivity contribution in [3.05, 3.63) is 48.4 Å². The van der Waals surface area contributed by atoms with Gasteiger partial charge in [-0.15, -0.1) is 0 Å². The molecule has 1 unspecified atom stereocenters. The van der Waals surface area contributed by atoms with Gasteiger partial charge in [0, 0.05) is 35.1 Å². The van der Waals surface area contributed by atoms with Gasteiger partial charge >= 0.3 is 0 Å². The summed E-state index contributed by atoms with van der Waals surface area (Å²) in [6.45, 7) is 0. The normalized spacial score (nSPS) is 16.7. The summed E-state index contributed by atoms with van der Waals surface area (Å²) in [5, 5.41) is 4.80. The number of anilines is 1. The van der Waals surface area contributed by atoms with Gasteiger partial charge in [-0.1, -0.05) is 19.3 Å². The lowest BCUT2D eigenvalue weighted by Crippen LogP contribution is -2.24. The predicted octanol–water partition coefficient (Wildman–Crippen LogP) is 4.70. The topological polar surface area (TPSA) is 62.8 Å². The average molecular weight is 336 g/mol. The minimum atomic E-state index is 0.198. The molecular weight excluding hydrogens is 312 g/mol. The van der Waals surface area contributed by atoms with Gasteiger partial charge in [0.1, 0.15) is 5.75 Å². The summed E-state index contributed by atoms with van der Waals surface area (Å²) in [6, 6.07) is 8.23. The van der Waals surface area contributed by atoms with Crippen LogP contribution in [0.5, 0.6) is 5.75 Å². The van der Waals surface area contributed by atoms with Gasteiger partial charge in [0.25, 0.3) is 0 Å². The van der Waals surface area contributed by atoms with E-state index in [1.165, 1.54) is 43.1 Å². The van der Waals surface area contributed by atoms with Gasteiger partial charge in [0.05, 0.1) is 13.2 Å².